The van der Waals surface area contributed by atoms with Crippen LogP contribution in [0, 0.1) is 0 Å². The highest BCUT2D eigenvalue weighted by Gasteiger charge is 2.31. The van der Waals surface area contributed by atoms with Crippen molar-refractivity contribution in [2.24, 2.45) is 0 Å². The predicted octanol–water partition coefficient (Wildman–Crippen LogP) is 3.34. The molecule has 1 N–H and O–H groups in total. The van der Waals surface area contributed by atoms with Crippen molar-refractivity contribution in [2.75, 3.05) is 44.2 Å². The first-order valence-corrected chi connectivity index (χ1v) is 11.7. The van der Waals surface area contributed by atoms with Gasteiger partial charge in [0.05, 0.1) is 15.8 Å². The minimum absolute atomic E-state index is 0.146. The second-order valence-electron chi connectivity index (χ2n) is 7.61. The number of hydrogen-bond acceptors (Lipinski definition) is 6. The fraction of sp³-hybridized carbons (Fsp3) is 0.381. The molecule has 32 heavy (non-hydrogen) atoms. The number of fused-ring (bicyclic) bond motifs is 1. The minimum Gasteiger partial charge on any atom is -0.354 e. The van der Waals surface area contributed by atoms with E-state index in [4.69, 9.17) is 4.52 Å². The molecular weight excluding hydrogens is 445 g/mol. The average Bonchev–Trinajstić information content (AvgIpc) is 3.21. The normalized spacial score (nSPS) is 16.0. The van der Waals surface area contributed by atoms with E-state index >= 15 is 0 Å². The van der Waals surface area contributed by atoms with Crippen LogP contribution in [-0.4, -0.2) is 57.7 Å². The van der Waals surface area contributed by atoms with E-state index in [-0.39, 0.29) is 11.4 Å². The van der Waals surface area contributed by atoms with E-state index in [0.717, 1.165) is 61.2 Å². The molecule has 4 rings (SSSR count). The topological polar surface area (TPSA) is 78.7 Å². The lowest BCUT2D eigenvalue weighted by Gasteiger charge is -2.34. The van der Waals surface area contributed by atoms with Crippen LogP contribution in [0.25, 0.3) is 11.0 Å². The lowest BCUT2D eigenvalue weighted by molar-refractivity contribution is -0.137. The summed E-state index contributed by atoms with van der Waals surface area (Å²) in [6, 6.07) is 11.4. The first-order chi connectivity index (χ1) is 15.2. The van der Waals surface area contributed by atoms with Gasteiger partial charge in [0, 0.05) is 32.7 Å². The molecule has 0 unspecified atom stereocenters. The van der Waals surface area contributed by atoms with E-state index in [1.807, 2.05) is 24.3 Å². The van der Waals surface area contributed by atoms with Gasteiger partial charge < -0.3 is 9.42 Å². The molecule has 1 aliphatic rings. The van der Waals surface area contributed by atoms with Crippen LogP contribution in [0.2, 0.25) is 0 Å². The fourth-order valence-corrected chi connectivity index (χ4v) is 4.84. The van der Waals surface area contributed by atoms with Crippen molar-refractivity contribution >= 4 is 26.8 Å². The number of sulfonamides is 1. The van der Waals surface area contributed by atoms with Gasteiger partial charge in [0.1, 0.15) is 0 Å². The van der Waals surface area contributed by atoms with Crippen molar-refractivity contribution in [3.63, 3.8) is 0 Å². The number of benzene rings is 2. The molecule has 3 aromatic rings. The first-order valence-electron chi connectivity index (χ1n) is 10.2. The Morgan fingerprint density at radius 3 is 2.53 bits per heavy atom. The maximum Gasteiger partial charge on any atom is 0.416 e. The van der Waals surface area contributed by atoms with Gasteiger partial charge in [-0.25, -0.2) is 13.1 Å². The summed E-state index contributed by atoms with van der Waals surface area (Å²) in [6.45, 7) is 3.95. The number of halogens is 3. The molecule has 11 heteroatoms. The number of rotatable bonds is 7. The Morgan fingerprint density at radius 1 is 1.03 bits per heavy atom. The fourth-order valence-electron chi connectivity index (χ4n) is 3.72. The summed E-state index contributed by atoms with van der Waals surface area (Å²) in [7, 11) is -4.00. The SMILES string of the molecule is O=S(=O)(NCCCN1CCN(c2noc3ccccc23)CC1)c1cccc(C(F)(F)F)c1. The zero-order valence-electron chi connectivity index (χ0n) is 17.2. The first kappa shape index (κ1) is 22.6. The van der Waals surface area contributed by atoms with E-state index in [1.54, 1.807) is 0 Å². The summed E-state index contributed by atoms with van der Waals surface area (Å²) in [5.74, 6) is 0.828. The van der Waals surface area contributed by atoms with Crippen LogP contribution in [0.15, 0.2) is 57.9 Å². The molecule has 1 aromatic heterocycles. The number of para-hydroxylation sites is 1. The second kappa shape index (κ2) is 9.08. The summed E-state index contributed by atoms with van der Waals surface area (Å²) in [4.78, 5) is 4.00. The average molecular weight is 469 g/mol. The highest BCUT2D eigenvalue weighted by molar-refractivity contribution is 7.89. The Bertz CT molecular complexity index is 1170. The number of nitrogens with one attached hydrogen (secondary N) is 1. The summed E-state index contributed by atoms with van der Waals surface area (Å²) in [5.41, 5.74) is -0.240. The standard InChI is InChI=1S/C21H23F3N4O3S/c22-21(23,24)16-5-3-6-17(15-16)32(29,30)25-9-4-10-27-11-13-28(14-12-27)20-18-7-1-2-8-19(18)31-26-20/h1-3,5-8,15,25H,4,9-14H2. The van der Waals surface area contributed by atoms with Crippen molar-refractivity contribution in [3.05, 3.63) is 54.1 Å². The van der Waals surface area contributed by atoms with Crippen molar-refractivity contribution in [3.8, 4) is 0 Å². The van der Waals surface area contributed by atoms with Gasteiger partial charge in [0.15, 0.2) is 11.4 Å². The van der Waals surface area contributed by atoms with Gasteiger partial charge in [-0.1, -0.05) is 23.4 Å². The van der Waals surface area contributed by atoms with Gasteiger partial charge in [0.2, 0.25) is 10.0 Å². The highest BCUT2D eigenvalue weighted by atomic mass is 32.2. The second-order valence-corrected chi connectivity index (χ2v) is 9.37. The molecule has 2 aromatic carbocycles. The lowest BCUT2D eigenvalue weighted by Crippen LogP contribution is -2.47. The molecule has 0 spiro atoms. The van der Waals surface area contributed by atoms with E-state index in [9.17, 15) is 21.6 Å². The Balaban J connectivity index is 1.24. The number of anilines is 1. The van der Waals surface area contributed by atoms with Crippen LogP contribution in [-0.2, 0) is 16.2 Å². The van der Waals surface area contributed by atoms with Crippen molar-refractivity contribution in [2.45, 2.75) is 17.5 Å². The summed E-state index contributed by atoms with van der Waals surface area (Å²) < 4.78 is 70.9. The lowest BCUT2D eigenvalue weighted by atomic mass is 10.2. The van der Waals surface area contributed by atoms with Crippen molar-refractivity contribution < 1.29 is 26.1 Å². The third kappa shape index (κ3) is 5.05. The number of alkyl halides is 3. The largest absolute Gasteiger partial charge is 0.416 e. The smallest absolute Gasteiger partial charge is 0.354 e. The molecule has 1 fully saturated rings. The van der Waals surface area contributed by atoms with E-state index in [0.29, 0.717) is 19.0 Å². The van der Waals surface area contributed by atoms with Crippen LogP contribution in [0.4, 0.5) is 19.0 Å². The zero-order valence-corrected chi connectivity index (χ0v) is 18.0. The van der Waals surface area contributed by atoms with Gasteiger partial charge in [0.25, 0.3) is 0 Å². The Morgan fingerprint density at radius 2 is 1.78 bits per heavy atom. The molecule has 0 atom stereocenters. The quantitative estimate of drug-likeness (QED) is 0.536. The molecule has 0 saturated carbocycles. The molecule has 0 amide bonds. The Hall–Kier alpha value is -2.63. The molecule has 0 radical (unpaired) electrons. The number of nitrogens with zero attached hydrogens (tertiary/aromatic N) is 3. The third-order valence-electron chi connectivity index (χ3n) is 5.45. The highest BCUT2D eigenvalue weighted by Crippen LogP contribution is 2.30. The minimum atomic E-state index is -4.59. The van der Waals surface area contributed by atoms with E-state index < -0.39 is 21.8 Å². The summed E-state index contributed by atoms with van der Waals surface area (Å²) >= 11 is 0. The molecular formula is C21H23F3N4O3S. The predicted molar refractivity (Wildman–Crippen MR) is 114 cm³/mol. The van der Waals surface area contributed by atoms with Crippen molar-refractivity contribution in [1.29, 1.82) is 0 Å². The molecule has 172 valence electrons. The maximum atomic E-state index is 12.8. The number of hydrogen-bond donors (Lipinski definition) is 1. The zero-order chi connectivity index (χ0) is 22.8. The van der Waals surface area contributed by atoms with Gasteiger partial charge in [-0.05, 0) is 43.3 Å². The van der Waals surface area contributed by atoms with Crippen molar-refractivity contribution in [1.82, 2.24) is 14.8 Å². The molecule has 1 aliphatic heterocycles. The van der Waals surface area contributed by atoms with Crippen LogP contribution in [0.3, 0.4) is 0 Å². The van der Waals surface area contributed by atoms with Crippen LogP contribution in [0.1, 0.15) is 12.0 Å². The number of aromatic nitrogens is 1. The molecule has 2 heterocycles. The van der Waals surface area contributed by atoms with Gasteiger partial charge in [-0.15, -0.1) is 0 Å². The van der Waals surface area contributed by atoms with Crippen LogP contribution >= 0.6 is 0 Å². The monoisotopic (exact) mass is 468 g/mol. The molecule has 0 bridgehead atoms. The van der Waals surface area contributed by atoms with E-state index in [2.05, 4.69) is 19.7 Å². The van der Waals surface area contributed by atoms with Gasteiger partial charge in [-0.2, -0.15) is 13.2 Å². The molecule has 7 nitrogen and oxygen atoms in total. The Labute approximate surface area is 183 Å². The number of piperazine rings is 1. The molecule has 0 aliphatic carbocycles. The van der Waals surface area contributed by atoms with Gasteiger partial charge >= 0.3 is 6.18 Å². The van der Waals surface area contributed by atoms with Crippen LogP contribution in [0.5, 0.6) is 0 Å². The Kier molecular flexibility index (Phi) is 6.40. The summed E-state index contributed by atoms with van der Waals surface area (Å²) in [6.07, 6.45) is -4.04. The summed E-state index contributed by atoms with van der Waals surface area (Å²) in [5, 5.41) is 5.16. The van der Waals surface area contributed by atoms with E-state index in [1.165, 1.54) is 0 Å². The maximum absolute atomic E-state index is 12.8. The van der Waals surface area contributed by atoms with Crippen LogP contribution < -0.4 is 9.62 Å². The molecule has 1 saturated heterocycles. The third-order valence-corrected chi connectivity index (χ3v) is 6.90. The van der Waals surface area contributed by atoms with Gasteiger partial charge in [-0.3, -0.25) is 4.90 Å².